The molecule has 0 aliphatic heterocycles. The molecule has 0 aromatic heterocycles. The number of halogens is 1. The molecule has 1 N–H and O–H groups in total. The zero-order chi connectivity index (χ0) is 14.0. The normalized spacial score (nSPS) is 12.1. The van der Waals surface area contributed by atoms with Crippen LogP contribution in [0.4, 0.5) is 4.39 Å². The Balaban J connectivity index is 2.77. The second-order valence-corrected chi connectivity index (χ2v) is 5.16. The van der Waals surface area contributed by atoms with Gasteiger partial charge in [0.1, 0.15) is 11.9 Å². The van der Waals surface area contributed by atoms with Crippen molar-refractivity contribution in [2.75, 3.05) is 0 Å². The lowest BCUT2D eigenvalue weighted by atomic mass is 9.82. The Hall–Kier alpha value is -1.38. The summed E-state index contributed by atoms with van der Waals surface area (Å²) in [6.45, 7) is 6.76. The molecule has 95 valence electrons. The van der Waals surface area contributed by atoms with Crippen LogP contribution in [0.5, 0.6) is 0 Å². The molecule has 0 amide bonds. The summed E-state index contributed by atoms with van der Waals surface area (Å²) in [5.41, 5.74) is -1.34. The molecule has 0 saturated heterocycles. The van der Waals surface area contributed by atoms with Crippen molar-refractivity contribution in [2.45, 2.75) is 38.9 Å². The first-order valence-corrected chi connectivity index (χ1v) is 5.60. The van der Waals surface area contributed by atoms with Gasteiger partial charge in [0.25, 0.3) is 0 Å². The fraction of sp³-hybridized carbons (Fsp3) is 0.462. The Kier molecular flexibility index (Phi) is 4.15. The lowest BCUT2D eigenvalue weighted by molar-refractivity contribution is -0.0893. The first-order valence-electron chi connectivity index (χ1n) is 5.60. The summed E-state index contributed by atoms with van der Waals surface area (Å²) in [6, 6.07) is 5.95. The first kappa shape index (κ1) is 14.7. The summed E-state index contributed by atoms with van der Waals surface area (Å²) in [4.78, 5) is 0. The maximum atomic E-state index is 13.4. The third kappa shape index (κ3) is 3.31. The van der Waals surface area contributed by atoms with Crippen LogP contribution in [0.15, 0.2) is 18.2 Å². The third-order valence-corrected chi connectivity index (χ3v) is 3.08. The minimum Gasteiger partial charge on any atom is -0.427 e. The van der Waals surface area contributed by atoms with Crippen LogP contribution in [-0.2, 0) is 4.65 Å². The standard InChI is InChI=1S/C13H16BFNO2/c1-12(2,17)13(3,4)18-14-10-6-5-9(8-16)11(15)7-10/h5-7,17H,1-4H3. The molecule has 18 heavy (non-hydrogen) atoms. The van der Waals surface area contributed by atoms with Crippen LogP contribution < -0.4 is 5.46 Å². The van der Waals surface area contributed by atoms with Crippen LogP contribution in [0.2, 0.25) is 0 Å². The highest BCUT2D eigenvalue weighted by Gasteiger charge is 2.35. The quantitative estimate of drug-likeness (QED) is 0.821. The van der Waals surface area contributed by atoms with Gasteiger partial charge in [0.15, 0.2) is 0 Å². The average Bonchev–Trinajstić information content (AvgIpc) is 2.25. The van der Waals surface area contributed by atoms with E-state index in [-0.39, 0.29) is 5.56 Å². The highest BCUT2D eigenvalue weighted by Crippen LogP contribution is 2.24. The molecule has 0 spiro atoms. The third-order valence-electron chi connectivity index (χ3n) is 3.08. The minimum atomic E-state index is -1.03. The van der Waals surface area contributed by atoms with E-state index in [1.165, 1.54) is 19.6 Å². The summed E-state index contributed by atoms with van der Waals surface area (Å²) in [6.07, 6.45) is 0. The van der Waals surface area contributed by atoms with Gasteiger partial charge in [0.2, 0.25) is 0 Å². The molecule has 1 rings (SSSR count). The molecule has 0 saturated carbocycles. The predicted octanol–water partition coefficient (Wildman–Crippen LogP) is 1.51. The van der Waals surface area contributed by atoms with E-state index in [0.717, 1.165) is 0 Å². The van der Waals surface area contributed by atoms with Crippen LogP contribution in [0, 0.1) is 17.1 Å². The summed E-state index contributed by atoms with van der Waals surface area (Å²) in [5, 5.41) is 18.5. The Morgan fingerprint density at radius 3 is 2.39 bits per heavy atom. The van der Waals surface area contributed by atoms with Crippen molar-refractivity contribution in [3.8, 4) is 6.07 Å². The number of nitrogens with zero attached hydrogens (tertiary/aromatic N) is 1. The summed E-state index contributed by atoms with van der Waals surface area (Å²) in [7, 11) is 1.38. The van der Waals surface area contributed by atoms with Crippen molar-refractivity contribution in [2.24, 2.45) is 0 Å². The zero-order valence-corrected chi connectivity index (χ0v) is 11.0. The lowest BCUT2D eigenvalue weighted by Crippen LogP contribution is -2.49. The lowest BCUT2D eigenvalue weighted by Gasteiger charge is -2.37. The van der Waals surface area contributed by atoms with Gasteiger partial charge in [-0.2, -0.15) is 5.26 Å². The average molecular weight is 248 g/mol. The summed E-state index contributed by atoms with van der Waals surface area (Å²) < 4.78 is 18.8. The van der Waals surface area contributed by atoms with Crippen LogP contribution in [0.1, 0.15) is 33.3 Å². The molecule has 0 fully saturated rings. The largest absolute Gasteiger partial charge is 0.427 e. The van der Waals surface area contributed by atoms with Crippen LogP contribution in [0.25, 0.3) is 0 Å². The van der Waals surface area contributed by atoms with E-state index < -0.39 is 17.0 Å². The molecule has 0 aliphatic rings. The number of aliphatic hydroxyl groups is 1. The molecular formula is C13H16BFNO2. The van der Waals surface area contributed by atoms with Gasteiger partial charge in [-0.3, -0.25) is 0 Å². The molecule has 1 aromatic carbocycles. The number of rotatable bonds is 4. The number of benzene rings is 1. The monoisotopic (exact) mass is 248 g/mol. The van der Waals surface area contributed by atoms with Crippen molar-refractivity contribution in [3.05, 3.63) is 29.6 Å². The van der Waals surface area contributed by atoms with Crippen molar-refractivity contribution in [3.63, 3.8) is 0 Å². The number of hydrogen-bond acceptors (Lipinski definition) is 3. The molecule has 1 radical (unpaired) electrons. The Labute approximate surface area is 107 Å². The summed E-state index contributed by atoms with van der Waals surface area (Å²) in [5.74, 6) is -0.587. The minimum absolute atomic E-state index is 0.00565. The molecule has 5 heteroatoms. The van der Waals surface area contributed by atoms with Gasteiger partial charge < -0.3 is 9.76 Å². The fourth-order valence-corrected chi connectivity index (χ4v) is 1.05. The van der Waals surface area contributed by atoms with E-state index in [0.29, 0.717) is 5.46 Å². The van der Waals surface area contributed by atoms with Gasteiger partial charge in [-0.05, 0) is 39.8 Å². The summed E-state index contributed by atoms with van der Waals surface area (Å²) >= 11 is 0. The van der Waals surface area contributed by atoms with Crippen molar-refractivity contribution < 1.29 is 14.2 Å². The molecule has 1 aromatic rings. The molecule has 0 heterocycles. The Bertz CT molecular complexity index is 475. The maximum Gasteiger partial charge on any atom is 0.331 e. The van der Waals surface area contributed by atoms with E-state index in [4.69, 9.17) is 9.92 Å². The smallest absolute Gasteiger partial charge is 0.331 e. The highest BCUT2D eigenvalue weighted by atomic mass is 19.1. The van der Waals surface area contributed by atoms with Gasteiger partial charge in [-0.15, -0.1) is 0 Å². The van der Waals surface area contributed by atoms with Crippen LogP contribution >= 0.6 is 0 Å². The Morgan fingerprint density at radius 2 is 1.94 bits per heavy atom. The van der Waals surface area contributed by atoms with E-state index >= 15 is 0 Å². The van der Waals surface area contributed by atoms with Crippen molar-refractivity contribution in [1.82, 2.24) is 0 Å². The molecule has 0 atom stereocenters. The van der Waals surface area contributed by atoms with Crippen LogP contribution in [0.3, 0.4) is 0 Å². The molecule has 3 nitrogen and oxygen atoms in total. The van der Waals surface area contributed by atoms with Crippen LogP contribution in [-0.4, -0.2) is 23.8 Å². The highest BCUT2D eigenvalue weighted by molar-refractivity contribution is 6.47. The second kappa shape index (κ2) is 5.09. The van der Waals surface area contributed by atoms with E-state index in [9.17, 15) is 9.50 Å². The maximum absolute atomic E-state index is 13.4. The Morgan fingerprint density at radius 1 is 1.33 bits per heavy atom. The SMILES string of the molecule is CC(C)(O)C(C)(C)O[B]c1ccc(C#N)c(F)c1. The molecule has 0 unspecified atom stereocenters. The first-order chi connectivity index (χ1) is 8.17. The van der Waals surface area contributed by atoms with Gasteiger partial charge in [-0.25, -0.2) is 4.39 Å². The van der Waals surface area contributed by atoms with E-state index in [1.54, 1.807) is 39.8 Å². The van der Waals surface area contributed by atoms with Gasteiger partial charge in [0.05, 0.1) is 16.8 Å². The predicted molar refractivity (Wildman–Crippen MR) is 68.0 cm³/mol. The second-order valence-electron chi connectivity index (χ2n) is 5.16. The van der Waals surface area contributed by atoms with Gasteiger partial charge in [0, 0.05) is 0 Å². The van der Waals surface area contributed by atoms with Gasteiger partial charge in [-0.1, -0.05) is 11.5 Å². The fourth-order valence-electron chi connectivity index (χ4n) is 1.05. The van der Waals surface area contributed by atoms with Crippen molar-refractivity contribution >= 4 is 12.9 Å². The van der Waals surface area contributed by atoms with Crippen molar-refractivity contribution in [1.29, 1.82) is 5.26 Å². The molecule has 0 bridgehead atoms. The number of hydrogen-bond donors (Lipinski definition) is 1. The van der Waals surface area contributed by atoms with Gasteiger partial charge >= 0.3 is 7.48 Å². The van der Waals surface area contributed by atoms with E-state index in [1.807, 2.05) is 0 Å². The van der Waals surface area contributed by atoms with E-state index in [2.05, 4.69) is 0 Å². The molecule has 0 aliphatic carbocycles. The topological polar surface area (TPSA) is 53.2 Å². The number of nitriles is 1. The molecular weight excluding hydrogens is 232 g/mol. The zero-order valence-electron chi connectivity index (χ0n) is 11.0.